The lowest BCUT2D eigenvalue weighted by Crippen LogP contribution is -2.48. The summed E-state index contributed by atoms with van der Waals surface area (Å²) >= 11 is 6.16. The molecule has 1 saturated heterocycles. The average Bonchev–Trinajstić information content (AvgIpc) is 2.96. The van der Waals surface area contributed by atoms with E-state index in [2.05, 4.69) is 64.4 Å². The average molecular weight is 567 g/mol. The smallest absolute Gasteiger partial charge is 0.338 e. The minimum Gasteiger partial charge on any atom is -0.494 e. The first-order valence-electron chi connectivity index (χ1n) is 13.7. The molecule has 0 radical (unpaired) electrons. The summed E-state index contributed by atoms with van der Waals surface area (Å²) in [6.45, 7) is 6.08. The highest BCUT2D eigenvalue weighted by atomic mass is 35.5. The molecule has 0 spiro atoms. The fourth-order valence-electron chi connectivity index (χ4n) is 5.07. The number of urea groups is 1. The Kier molecular flexibility index (Phi) is 12.8. The molecule has 4 rings (SSSR count). The molecule has 216 valence electrons. The lowest BCUT2D eigenvalue weighted by molar-refractivity contribution is -0.0402. The van der Waals surface area contributed by atoms with E-state index < -0.39 is 6.03 Å². The van der Waals surface area contributed by atoms with Crippen LogP contribution in [0.5, 0.6) is 5.75 Å². The van der Waals surface area contributed by atoms with Crippen LogP contribution >= 0.6 is 11.6 Å². The Labute approximate surface area is 244 Å². The van der Waals surface area contributed by atoms with E-state index in [-0.39, 0.29) is 20.0 Å². The number of ether oxygens (including phenoxy) is 1. The fraction of sp³-hybridized carbons (Fsp3) is 0.406. The van der Waals surface area contributed by atoms with Crippen molar-refractivity contribution in [1.29, 1.82) is 0 Å². The molecule has 3 N–H and O–H groups in total. The van der Waals surface area contributed by atoms with Gasteiger partial charge >= 0.3 is 6.03 Å². The summed E-state index contributed by atoms with van der Waals surface area (Å²) in [6.07, 6.45) is 3.42. The molecule has 8 heteroatoms. The van der Waals surface area contributed by atoms with E-state index in [1.807, 2.05) is 24.3 Å². The number of piperazine rings is 1. The molecule has 1 aliphatic heterocycles. The van der Waals surface area contributed by atoms with E-state index >= 15 is 0 Å². The number of amides is 2. The van der Waals surface area contributed by atoms with Crippen LogP contribution in [0.25, 0.3) is 0 Å². The highest BCUT2D eigenvalue weighted by Crippen LogP contribution is 2.30. The van der Waals surface area contributed by atoms with Crippen molar-refractivity contribution < 1.29 is 14.7 Å². The zero-order valence-electron chi connectivity index (χ0n) is 22.4. The van der Waals surface area contributed by atoms with E-state index in [0.29, 0.717) is 18.1 Å². The molecule has 3 aromatic rings. The number of halogens is 1. The summed E-state index contributed by atoms with van der Waals surface area (Å²) in [7, 11) is 0. The molecule has 1 atom stereocenters. The second-order valence-corrected chi connectivity index (χ2v) is 10.4. The normalized spacial score (nSPS) is 14.8. The maximum atomic E-state index is 10.8. The number of rotatable bonds is 13. The van der Waals surface area contributed by atoms with Gasteiger partial charge in [0.05, 0.1) is 19.2 Å². The van der Waals surface area contributed by atoms with Gasteiger partial charge in [-0.05, 0) is 66.6 Å². The number of carbonyl (C=O) groups excluding carboxylic acids is 1. The quantitative estimate of drug-likeness (QED) is 0.145. The lowest BCUT2D eigenvalue weighted by atomic mass is 9.96. The third-order valence-electron chi connectivity index (χ3n) is 7.22. The van der Waals surface area contributed by atoms with E-state index in [9.17, 15) is 10.0 Å². The van der Waals surface area contributed by atoms with Gasteiger partial charge in [-0.25, -0.2) is 9.86 Å². The molecule has 0 bridgehead atoms. The maximum Gasteiger partial charge on any atom is 0.338 e. The van der Waals surface area contributed by atoms with Crippen molar-refractivity contribution in [3.63, 3.8) is 0 Å². The number of nitrogens with zero attached hydrogens (tertiary/aromatic N) is 3. The van der Waals surface area contributed by atoms with Crippen molar-refractivity contribution in [1.82, 2.24) is 14.9 Å². The summed E-state index contributed by atoms with van der Waals surface area (Å²) in [5, 5.41) is 10.6. The number of benzene rings is 3. The summed E-state index contributed by atoms with van der Waals surface area (Å²) in [5.41, 5.74) is 8.81. The monoisotopic (exact) mass is 566 g/mol. The van der Waals surface area contributed by atoms with Crippen LogP contribution in [0.15, 0.2) is 78.9 Å². The van der Waals surface area contributed by atoms with Crippen LogP contribution in [0.2, 0.25) is 5.02 Å². The standard InChI is InChI=1S/C31H39ClN4O3.CH4/c32-28-14-12-27(13-15-28)30(26-8-2-1-3-9-26)35-22-20-34(21-23-35)18-6-24-39-29-16-10-25(11-17-29)7-4-5-19-36(38)31(33)37;/h1-3,8-17,30,38H,4-7,18-24H2,(H2,33,37);1H4/t30-;/m1./s1. The Morgan fingerprint density at radius 2 is 1.55 bits per heavy atom. The van der Waals surface area contributed by atoms with Crippen LogP contribution in [0, 0.1) is 0 Å². The summed E-state index contributed by atoms with van der Waals surface area (Å²) in [4.78, 5) is 15.9. The second kappa shape index (κ2) is 16.2. The molecule has 0 saturated carbocycles. The highest BCUT2D eigenvalue weighted by molar-refractivity contribution is 6.30. The number of nitrogens with two attached hydrogens (primary N) is 1. The molecule has 40 heavy (non-hydrogen) atoms. The molecular weight excluding hydrogens is 524 g/mol. The van der Waals surface area contributed by atoms with Gasteiger partial charge < -0.3 is 15.4 Å². The number of carbonyl (C=O) groups is 1. The Morgan fingerprint density at radius 3 is 2.20 bits per heavy atom. The number of aryl methyl sites for hydroxylation is 1. The summed E-state index contributed by atoms with van der Waals surface area (Å²) in [5.74, 6) is 0.882. The predicted octanol–water partition coefficient (Wildman–Crippen LogP) is 6.24. The third kappa shape index (κ3) is 9.52. The Morgan fingerprint density at radius 1 is 0.900 bits per heavy atom. The van der Waals surface area contributed by atoms with Gasteiger partial charge in [0.1, 0.15) is 5.75 Å². The number of hydrogen-bond acceptors (Lipinski definition) is 5. The first-order valence-corrected chi connectivity index (χ1v) is 14.1. The second-order valence-electron chi connectivity index (χ2n) is 10.0. The van der Waals surface area contributed by atoms with Gasteiger partial charge in [0, 0.05) is 37.7 Å². The van der Waals surface area contributed by atoms with Crippen molar-refractivity contribution in [2.24, 2.45) is 5.73 Å². The molecule has 1 heterocycles. The van der Waals surface area contributed by atoms with Crippen LogP contribution in [-0.4, -0.2) is 72.0 Å². The largest absolute Gasteiger partial charge is 0.494 e. The highest BCUT2D eigenvalue weighted by Gasteiger charge is 2.26. The van der Waals surface area contributed by atoms with Crippen molar-refractivity contribution in [3.8, 4) is 5.75 Å². The molecule has 0 aromatic heterocycles. The Hall–Kier alpha value is -3.10. The number of primary amides is 1. The molecule has 0 unspecified atom stereocenters. The molecular formula is C32H43ClN4O3. The van der Waals surface area contributed by atoms with Gasteiger partial charge in [0.25, 0.3) is 0 Å². The van der Waals surface area contributed by atoms with Crippen LogP contribution in [0.1, 0.15) is 49.4 Å². The van der Waals surface area contributed by atoms with Crippen molar-refractivity contribution in [2.45, 2.75) is 39.2 Å². The number of hydrogen-bond donors (Lipinski definition) is 2. The minimum atomic E-state index is -0.815. The van der Waals surface area contributed by atoms with Crippen LogP contribution < -0.4 is 10.5 Å². The molecule has 1 fully saturated rings. The first-order chi connectivity index (χ1) is 19.0. The predicted molar refractivity (Wildman–Crippen MR) is 162 cm³/mol. The van der Waals surface area contributed by atoms with Gasteiger partial charge in [-0.3, -0.25) is 10.1 Å². The van der Waals surface area contributed by atoms with Crippen molar-refractivity contribution in [3.05, 3.63) is 101 Å². The molecule has 0 aliphatic carbocycles. The van der Waals surface area contributed by atoms with Crippen LogP contribution in [0.4, 0.5) is 4.79 Å². The van der Waals surface area contributed by atoms with Crippen LogP contribution in [0.3, 0.4) is 0 Å². The maximum absolute atomic E-state index is 10.8. The van der Waals surface area contributed by atoms with Gasteiger partial charge in [-0.1, -0.05) is 73.6 Å². The first kappa shape index (κ1) is 31.4. The van der Waals surface area contributed by atoms with Gasteiger partial charge in [0.15, 0.2) is 0 Å². The van der Waals surface area contributed by atoms with Gasteiger partial charge in [-0.2, -0.15) is 0 Å². The van der Waals surface area contributed by atoms with E-state index in [0.717, 1.165) is 62.8 Å². The fourth-order valence-corrected chi connectivity index (χ4v) is 5.20. The van der Waals surface area contributed by atoms with E-state index in [1.54, 1.807) is 0 Å². The van der Waals surface area contributed by atoms with Crippen molar-refractivity contribution >= 4 is 17.6 Å². The minimum absolute atomic E-state index is 0. The third-order valence-corrected chi connectivity index (χ3v) is 7.48. The van der Waals surface area contributed by atoms with Gasteiger partial charge in [-0.15, -0.1) is 0 Å². The molecule has 1 aliphatic rings. The zero-order chi connectivity index (χ0) is 27.5. The van der Waals surface area contributed by atoms with Crippen LogP contribution in [-0.2, 0) is 6.42 Å². The lowest BCUT2D eigenvalue weighted by Gasteiger charge is -2.39. The molecule has 7 nitrogen and oxygen atoms in total. The topological polar surface area (TPSA) is 82.3 Å². The summed E-state index contributed by atoms with van der Waals surface area (Å²) in [6, 6.07) is 26.6. The van der Waals surface area contributed by atoms with E-state index in [1.165, 1.54) is 16.7 Å². The number of hydroxylamine groups is 2. The summed E-state index contributed by atoms with van der Waals surface area (Å²) < 4.78 is 5.98. The zero-order valence-corrected chi connectivity index (χ0v) is 23.2. The van der Waals surface area contributed by atoms with E-state index in [4.69, 9.17) is 22.1 Å². The molecule has 3 aromatic carbocycles. The van der Waals surface area contributed by atoms with Crippen molar-refractivity contribution in [2.75, 3.05) is 45.9 Å². The molecule has 2 amide bonds. The Balaban J connectivity index is 0.00000441. The number of unbranched alkanes of at least 4 members (excludes halogenated alkanes) is 1. The SMILES string of the molecule is C.NC(=O)N(O)CCCCc1ccc(OCCCN2CCN([C@H](c3ccccc3)c3ccc(Cl)cc3)CC2)cc1. The van der Waals surface area contributed by atoms with Gasteiger partial charge in [0.2, 0.25) is 0 Å². The Bertz CT molecular complexity index is 1140.